The van der Waals surface area contributed by atoms with Gasteiger partial charge in [-0.3, -0.25) is 0 Å². The lowest BCUT2D eigenvalue weighted by Crippen LogP contribution is -2.34. The molecule has 8 nitrogen and oxygen atoms in total. The first kappa shape index (κ1) is 27.9. The quantitative estimate of drug-likeness (QED) is 0.170. The summed E-state index contributed by atoms with van der Waals surface area (Å²) in [6.45, 7) is -0.0898. The summed E-state index contributed by atoms with van der Waals surface area (Å²) in [5.41, 5.74) is 9.02. The van der Waals surface area contributed by atoms with Crippen molar-refractivity contribution < 1.29 is 34.6 Å². The van der Waals surface area contributed by atoms with E-state index in [4.69, 9.17) is 14.2 Å². The average molecular weight is 606 g/mol. The van der Waals surface area contributed by atoms with Gasteiger partial charge in [-0.1, -0.05) is 18.2 Å². The zero-order valence-corrected chi connectivity index (χ0v) is 24.9. The van der Waals surface area contributed by atoms with Crippen LogP contribution in [0.4, 0.5) is 0 Å². The second-order valence-electron chi connectivity index (χ2n) is 12.4. The molecular weight excluding hydrogens is 570 g/mol. The molecule has 0 unspecified atom stereocenters. The van der Waals surface area contributed by atoms with Crippen LogP contribution < -0.4 is 14.2 Å². The van der Waals surface area contributed by atoms with Gasteiger partial charge in [-0.15, -0.1) is 0 Å². The molecule has 3 aliphatic rings. The third-order valence-electron chi connectivity index (χ3n) is 9.75. The van der Waals surface area contributed by atoms with Crippen LogP contribution in [0.5, 0.6) is 28.7 Å². The Hall–Kier alpha value is -4.66. The summed E-state index contributed by atoms with van der Waals surface area (Å²) in [4.78, 5) is 3.26. The number of benzene rings is 4. The van der Waals surface area contributed by atoms with Crippen LogP contribution in [0, 0.1) is 0 Å². The van der Waals surface area contributed by atoms with Gasteiger partial charge in [0.25, 0.3) is 0 Å². The lowest BCUT2D eigenvalue weighted by molar-refractivity contribution is 0.0181. The predicted octanol–water partition coefficient (Wildman–Crippen LogP) is 5.86. The van der Waals surface area contributed by atoms with E-state index in [1.165, 1.54) is 12.7 Å². The minimum atomic E-state index is -0.834. The van der Waals surface area contributed by atoms with Crippen molar-refractivity contribution in [2.45, 2.75) is 56.3 Å². The first-order valence-corrected chi connectivity index (χ1v) is 15.5. The van der Waals surface area contributed by atoms with Crippen molar-refractivity contribution in [2.24, 2.45) is 0 Å². The lowest BCUT2D eigenvalue weighted by atomic mass is 9.72. The van der Waals surface area contributed by atoms with Crippen molar-refractivity contribution in [3.05, 3.63) is 100 Å². The van der Waals surface area contributed by atoms with Crippen LogP contribution in [-0.4, -0.2) is 51.3 Å². The summed E-state index contributed by atoms with van der Waals surface area (Å²) in [5, 5.41) is 43.6. The second-order valence-corrected chi connectivity index (χ2v) is 12.4. The maximum Gasteiger partial charge on any atom is 0.160 e. The highest BCUT2D eigenvalue weighted by Gasteiger charge is 2.41. The van der Waals surface area contributed by atoms with Crippen molar-refractivity contribution in [1.82, 2.24) is 4.98 Å². The largest absolute Gasteiger partial charge is 0.508 e. The highest BCUT2D eigenvalue weighted by Crippen LogP contribution is 2.56. The molecule has 0 fully saturated rings. The van der Waals surface area contributed by atoms with E-state index in [2.05, 4.69) is 29.2 Å². The zero-order chi connectivity index (χ0) is 30.8. The van der Waals surface area contributed by atoms with E-state index in [9.17, 15) is 20.4 Å². The number of nitrogens with one attached hydrogen (secondary N) is 1. The molecule has 45 heavy (non-hydrogen) atoms. The first-order valence-electron chi connectivity index (χ1n) is 15.5. The number of phenols is 2. The monoisotopic (exact) mass is 605 g/mol. The van der Waals surface area contributed by atoms with Gasteiger partial charge >= 0.3 is 0 Å². The molecule has 0 radical (unpaired) electrons. The molecule has 1 aliphatic carbocycles. The number of aromatic amines is 1. The molecular formula is C37H35NO7. The minimum Gasteiger partial charge on any atom is -0.508 e. The Morgan fingerprint density at radius 1 is 0.911 bits per heavy atom. The molecule has 5 aromatic rings. The van der Waals surface area contributed by atoms with Crippen LogP contribution >= 0.6 is 0 Å². The van der Waals surface area contributed by atoms with Gasteiger partial charge in [-0.25, -0.2) is 0 Å². The molecule has 2 aliphatic heterocycles. The zero-order valence-electron chi connectivity index (χ0n) is 24.9. The fourth-order valence-electron chi connectivity index (χ4n) is 7.60. The van der Waals surface area contributed by atoms with Crippen LogP contribution in [-0.2, 0) is 25.7 Å². The maximum atomic E-state index is 11.6. The number of aromatic nitrogens is 1. The molecule has 0 saturated carbocycles. The van der Waals surface area contributed by atoms with Crippen LogP contribution in [0.1, 0.15) is 51.8 Å². The smallest absolute Gasteiger partial charge is 0.160 e. The molecule has 4 aromatic carbocycles. The van der Waals surface area contributed by atoms with Gasteiger partial charge in [0.15, 0.2) is 11.5 Å². The molecule has 0 bridgehead atoms. The van der Waals surface area contributed by atoms with Crippen molar-refractivity contribution in [3.63, 3.8) is 0 Å². The molecule has 5 N–H and O–H groups in total. The fourth-order valence-corrected chi connectivity index (χ4v) is 7.60. The molecule has 1 aromatic heterocycles. The van der Waals surface area contributed by atoms with E-state index in [0.29, 0.717) is 42.7 Å². The number of ether oxygens (including phenoxy) is 3. The highest BCUT2D eigenvalue weighted by atomic mass is 16.5. The Bertz CT molecular complexity index is 1950. The van der Waals surface area contributed by atoms with E-state index in [1.807, 2.05) is 18.3 Å². The van der Waals surface area contributed by atoms with E-state index in [1.54, 1.807) is 24.3 Å². The lowest BCUT2D eigenvalue weighted by Gasteiger charge is -2.40. The number of hydrogen-bond donors (Lipinski definition) is 5. The van der Waals surface area contributed by atoms with E-state index in [0.717, 1.165) is 56.5 Å². The van der Waals surface area contributed by atoms with Gasteiger partial charge in [0.05, 0.1) is 19.8 Å². The highest BCUT2D eigenvalue weighted by molar-refractivity contribution is 5.85. The molecule has 8 rings (SSSR count). The number of hydrogen-bond acceptors (Lipinski definition) is 7. The maximum absolute atomic E-state index is 11.6. The Labute approximate surface area is 260 Å². The topological polar surface area (TPSA) is 124 Å². The molecule has 0 saturated heterocycles. The first-order chi connectivity index (χ1) is 21.9. The third-order valence-corrected chi connectivity index (χ3v) is 9.75. The number of aliphatic hydroxyl groups is 2. The number of aromatic hydroxyl groups is 2. The summed E-state index contributed by atoms with van der Waals surface area (Å²) in [6.07, 6.45) is 3.24. The van der Waals surface area contributed by atoms with Crippen LogP contribution in [0.25, 0.3) is 22.0 Å². The Balaban J connectivity index is 1.28. The molecule has 0 amide bonds. The Kier molecular flexibility index (Phi) is 6.66. The summed E-state index contributed by atoms with van der Waals surface area (Å²) >= 11 is 0. The van der Waals surface area contributed by atoms with Gasteiger partial charge in [-0.05, 0) is 107 Å². The number of aliphatic hydroxyl groups excluding tert-OH is 2. The van der Waals surface area contributed by atoms with Crippen LogP contribution in [0.3, 0.4) is 0 Å². The SMILES string of the molecule is COc1cc([C@H]2Oc3c(c4c(c5c3CC[C@H](CO)O5)-c3ccc(O)cc3[C@H](Cc3ccc5[nH]ccc5c3)C4)C[C@H]2O)ccc1O. The average Bonchev–Trinajstić information content (AvgIpc) is 3.53. The molecule has 3 heterocycles. The normalized spacial score (nSPS) is 21.6. The van der Waals surface area contributed by atoms with Crippen LogP contribution in [0.15, 0.2) is 66.9 Å². The summed E-state index contributed by atoms with van der Waals surface area (Å²) in [6, 6.07) is 19.1. The van der Waals surface area contributed by atoms with Gasteiger partial charge < -0.3 is 39.6 Å². The van der Waals surface area contributed by atoms with Gasteiger partial charge in [0, 0.05) is 34.8 Å². The standard InChI is InChI=1S/C37H35NO7/c1-43-33-15-21(3-9-31(33)41)35-32(42)17-29-28-14-22(13-19-2-8-30-20(12-19)10-11-38-30)27-16-23(40)4-6-25(27)34(28)37-26(36(29)45-35)7-5-24(18-39)44-37/h2-4,6,8-12,15-16,22,24,32,35,38-42H,5,7,13-14,17-18H2,1H3/t22-,24-,32-,35-/m1/s1. The second kappa shape index (κ2) is 10.8. The van der Waals surface area contributed by atoms with Gasteiger partial charge in [-0.2, -0.15) is 0 Å². The van der Waals surface area contributed by atoms with Crippen molar-refractivity contribution >= 4 is 10.9 Å². The number of rotatable bonds is 5. The van der Waals surface area contributed by atoms with Crippen molar-refractivity contribution in [2.75, 3.05) is 13.7 Å². The number of H-pyrrole nitrogens is 1. The number of methoxy groups -OCH3 is 1. The Morgan fingerprint density at radius 3 is 2.64 bits per heavy atom. The molecule has 4 atom stereocenters. The van der Waals surface area contributed by atoms with Gasteiger partial charge in [0.1, 0.15) is 29.5 Å². The Morgan fingerprint density at radius 2 is 1.80 bits per heavy atom. The fraction of sp³-hybridized carbons (Fsp3) is 0.297. The molecule has 0 spiro atoms. The summed E-state index contributed by atoms with van der Waals surface area (Å²) < 4.78 is 18.6. The van der Waals surface area contributed by atoms with E-state index < -0.39 is 12.2 Å². The van der Waals surface area contributed by atoms with Crippen LogP contribution in [0.2, 0.25) is 0 Å². The summed E-state index contributed by atoms with van der Waals surface area (Å²) in [7, 11) is 1.49. The molecule has 8 heteroatoms. The van der Waals surface area contributed by atoms with E-state index in [-0.39, 0.29) is 30.1 Å². The van der Waals surface area contributed by atoms with Crippen molar-refractivity contribution in [3.8, 4) is 39.9 Å². The third kappa shape index (κ3) is 4.59. The number of phenolic OH excluding ortho intramolecular Hbond substituents is 2. The summed E-state index contributed by atoms with van der Waals surface area (Å²) in [5.74, 6) is 2.06. The minimum absolute atomic E-state index is 0.0215. The number of fused-ring (bicyclic) bond motifs is 9. The molecule has 230 valence electrons. The van der Waals surface area contributed by atoms with Gasteiger partial charge in [0.2, 0.25) is 0 Å². The van der Waals surface area contributed by atoms with Crippen molar-refractivity contribution in [1.29, 1.82) is 0 Å². The van der Waals surface area contributed by atoms with E-state index >= 15 is 0 Å². The predicted molar refractivity (Wildman–Crippen MR) is 170 cm³/mol.